The molecule has 1 aromatic rings. The second-order valence-electron chi connectivity index (χ2n) is 4.55. The van der Waals surface area contributed by atoms with Crippen LogP contribution >= 0.6 is 11.6 Å². The first-order valence-electron chi connectivity index (χ1n) is 6.87. The fraction of sp³-hybridized carbons (Fsp3) is 0.188. The van der Waals surface area contributed by atoms with Crippen molar-refractivity contribution in [3.63, 3.8) is 0 Å². The summed E-state index contributed by atoms with van der Waals surface area (Å²) in [5.41, 5.74) is 0.191. The van der Waals surface area contributed by atoms with E-state index < -0.39 is 17.8 Å². The molecule has 0 atom stereocenters. The minimum absolute atomic E-state index is 0.00710. The fourth-order valence-electron chi connectivity index (χ4n) is 1.96. The van der Waals surface area contributed by atoms with Crippen molar-refractivity contribution in [2.24, 2.45) is 0 Å². The molecule has 1 fully saturated rings. The summed E-state index contributed by atoms with van der Waals surface area (Å²) in [6.07, 6.45) is 6.45. The highest BCUT2D eigenvalue weighted by atomic mass is 35.5. The van der Waals surface area contributed by atoms with Crippen molar-refractivity contribution < 1.29 is 23.9 Å². The third-order valence-electron chi connectivity index (χ3n) is 2.89. The number of hydrogen-bond donors (Lipinski definition) is 2. The number of rotatable bonds is 5. The van der Waals surface area contributed by atoms with Crippen LogP contribution in [-0.4, -0.2) is 31.1 Å². The van der Waals surface area contributed by atoms with Crippen LogP contribution in [0.15, 0.2) is 17.7 Å². The minimum atomic E-state index is -0.867. The van der Waals surface area contributed by atoms with Gasteiger partial charge in [0.05, 0.1) is 11.6 Å². The Hall–Kier alpha value is -2.98. The summed E-state index contributed by atoms with van der Waals surface area (Å²) in [7, 11) is 0. The van der Waals surface area contributed by atoms with Crippen molar-refractivity contribution in [3.05, 3.63) is 28.3 Å². The summed E-state index contributed by atoms with van der Waals surface area (Å²) >= 11 is 6.16. The molecule has 0 bridgehead atoms. The Labute approximate surface area is 142 Å². The summed E-state index contributed by atoms with van der Waals surface area (Å²) in [5.74, 6) is 1.31. The van der Waals surface area contributed by atoms with Crippen LogP contribution in [0.3, 0.4) is 0 Å². The molecular weight excluding hydrogens is 336 g/mol. The van der Waals surface area contributed by atoms with E-state index in [0.717, 1.165) is 0 Å². The lowest BCUT2D eigenvalue weighted by molar-refractivity contribution is -0.123. The first kappa shape index (κ1) is 17.4. The van der Waals surface area contributed by atoms with E-state index in [2.05, 4.69) is 5.92 Å². The van der Waals surface area contributed by atoms with Crippen LogP contribution in [0.25, 0.3) is 6.08 Å². The lowest BCUT2D eigenvalue weighted by atomic mass is 10.1. The maximum absolute atomic E-state index is 11.8. The Morgan fingerprint density at radius 2 is 1.88 bits per heavy atom. The Bertz CT molecular complexity index is 757. The summed E-state index contributed by atoms with van der Waals surface area (Å²) in [5, 5.41) is 4.17. The van der Waals surface area contributed by atoms with Crippen LogP contribution in [-0.2, 0) is 9.59 Å². The molecule has 2 N–H and O–H groups in total. The van der Waals surface area contributed by atoms with Gasteiger partial charge in [-0.1, -0.05) is 17.5 Å². The van der Waals surface area contributed by atoms with Crippen molar-refractivity contribution in [1.82, 2.24) is 10.6 Å². The zero-order valence-electron chi connectivity index (χ0n) is 12.6. The molecule has 0 aliphatic carbocycles. The maximum atomic E-state index is 11.8. The highest BCUT2D eigenvalue weighted by Crippen LogP contribution is 2.37. The van der Waals surface area contributed by atoms with E-state index >= 15 is 0 Å². The first-order chi connectivity index (χ1) is 11.5. The highest BCUT2D eigenvalue weighted by Gasteiger charge is 2.27. The summed E-state index contributed by atoms with van der Waals surface area (Å²) in [6.45, 7) is 2.13. The molecule has 124 valence electrons. The molecule has 1 saturated heterocycles. The molecule has 2 rings (SSSR count). The van der Waals surface area contributed by atoms with Gasteiger partial charge in [0.15, 0.2) is 11.5 Å². The monoisotopic (exact) mass is 348 g/mol. The molecular formula is C16H13ClN2O5. The molecule has 0 spiro atoms. The number of imide groups is 2. The lowest BCUT2D eigenvalue weighted by Gasteiger charge is -2.15. The standard InChI is InChI=1S/C16H13ClN2O5/c1-3-5-24-13-11(17)7-9(8-12(13)23-4-2)6-10-14(20)18-16(22)19-15(10)21/h1,6-8H,4-5H2,2H3,(H2,18,19,20,21,22). The molecule has 4 amide bonds. The van der Waals surface area contributed by atoms with Gasteiger partial charge in [-0.25, -0.2) is 4.79 Å². The first-order valence-corrected chi connectivity index (χ1v) is 7.25. The third-order valence-corrected chi connectivity index (χ3v) is 3.17. The van der Waals surface area contributed by atoms with Crippen LogP contribution < -0.4 is 20.1 Å². The number of urea groups is 1. The van der Waals surface area contributed by atoms with Gasteiger partial charge in [0.2, 0.25) is 0 Å². The number of ether oxygens (including phenoxy) is 2. The summed E-state index contributed by atoms with van der Waals surface area (Å²) in [6, 6.07) is 2.17. The SMILES string of the molecule is C#CCOc1c(Cl)cc(C=C2C(=O)NC(=O)NC2=O)cc1OCC. The van der Waals surface area contributed by atoms with E-state index in [1.54, 1.807) is 13.0 Å². The Kier molecular flexibility index (Phi) is 5.45. The van der Waals surface area contributed by atoms with Crippen LogP contribution in [0.4, 0.5) is 4.79 Å². The predicted molar refractivity (Wildman–Crippen MR) is 86.6 cm³/mol. The number of carbonyl (C=O) groups excluding carboxylic acids is 3. The van der Waals surface area contributed by atoms with Crippen molar-refractivity contribution in [1.29, 1.82) is 0 Å². The minimum Gasteiger partial charge on any atom is -0.490 e. The molecule has 1 heterocycles. The van der Waals surface area contributed by atoms with Gasteiger partial charge in [-0.05, 0) is 30.7 Å². The van der Waals surface area contributed by atoms with E-state index in [0.29, 0.717) is 17.9 Å². The highest BCUT2D eigenvalue weighted by molar-refractivity contribution is 6.33. The Morgan fingerprint density at radius 3 is 2.46 bits per heavy atom. The number of nitrogens with one attached hydrogen (secondary N) is 2. The van der Waals surface area contributed by atoms with Gasteiger partial charge in [0.1, 0.15) is 12.2 Å². The number of amides is 4. The van der Waals surface area contributed by atoms with Crippen LogP contribution in [0.2, 0.25) is 5.02 Å². The van der Waals surface area contributed by atoms with Gasteiger partial charge in [-0.3, -0.25) is 20.2 Å². The average Bonchev–Trinajstić information content (AvgIpc) is 2.50. The van der Waals surface area contributed by atoms with E-state index in [4.69, 9.17) is 27.5 Å². The van der Waals surface area contributed by atoms with Crippen LogP contribution in [0.1, 0.15) is 12.5 Å². The van der Waals surface area contributed by atoms with Crippen LogP contribution in [0, 0.1) is 12.3 Å². The fourth-order valence-corrected chi connectivity index (χ4v) is 2.23. The Balaban J connectivity index is 2.42. The molecule has 1 aliphatic heterocycles. The summed E-state index contributed by atoms with van der Waals surface area (Å²) < 4.78 is 10.8. The number of benzene rings is 1. The smallest absolute Gasteiger partial charge is 0.328 e. The molecule has 1 aromatic carbocycles. The normalized spacial score (nSPS) is 13.7. The molecule has 8 heteroatoms. The van der Waals surface area contributed by atoms with E-state index in [9.17, 15) is 14.4 Å². The zero-order chi connectivity index (χ0) is 17.7. The number of halogens is 1. The second kappa shape index (κ2) is 7.53. The van der Waals surface area contributed by atoms with Crippen LogP contribution in [0.5, 0.6) is 11.5 Å². The van der Waals surface area contributed by atoms with Gasteiger partial charge in [-0.15, -0.1) is 6.42 Å². The second-order valence-corrected chi connectivity index (χ2v) is 4.96. The molecule has 0 saturated carbocycles. The third kappa shape index (κ3) is 3.86. The molecule has 7 nitrogen and oxygen atoms in total. The molecule has 0 radical (unpaired) electrons. The Morgan fingerprint density at radius 1 is 1.21 bits per heavy atom. The zero-order valence-corrected chi connectivity index (χ0v) is 13.4. The quantitative estimate of drug-likeness (QED) is 0.478. The predicted octanol–water partition coefficient (Wildman–Crippen LogP) is 1.50. The number of barbiturate groups is 1. The van der Waals surface area contributed by atoms with Crippen molar-refractivity contribution in [3.8, 4) is 23.8 Å². The lowest BCUT2D eigenvalue weighted by Crippen LogP contribution is -2.51. The summed E-state index contributed by atoms with van der Waals surface area (Å²) in [4.78, 5) is 34.6. The van der Waals surface area contributed by atoms with Gasteiger partial charge in [0.25, 0.3) is 11.8 Å². The van der Waals surface area contributed by atoms with Gasteiger partial charge >= 0.3 is 6.03 Å². The van der Waals surface area contributed by atoms with E-state index in [1.807, 2.05) is 10.6 Å². The molecule has 0 unspecified atom stereocenters. The van der Waals surface area contributed by atoms with Crippen molar-refractivity contribution >= 4 is 35.5 Å². The van der Waals surface area contributed by atoms with Gasteiger partial charge in [0, 0.05) is 0 Å². The number of terminal acetylenes is 1. The topological polar surface area (TPSA) is 93.7 Å². The number of hydrogen-bond acceptors (Lipinski definition) is 5. The average molecular weight is 349 g/mol. The van der Waals surface area contributed by atoms with Crippen molar-refractivity contribution in [2.75, 3.05) is 13.2 Å². The van der Waals surface area contributed by atoms with E-state index in [1.165, 1.54) is 12.1 Å². The molecule has 24 heavy (non-hydrogen) atoms. The largest absolute Gasteiger partial charge is 0.490 e. The number of carbonyl (C=O) groups is 3. The maximum Gasteiger partial charge on any atom is 0.328 e. The van der Waals surface area contributed by atoms with E-state index in [-0.39, 0.29) is 23.0 Å². The van der Waals surface area contributed by atoms with Gasteiger partial charge in [-0.2, -0.15) is 0 Å². The van der Waals surface area contributed by atoms with Gasteiger partial charge < -0.3 is 9.47 Å². The molecule has 1 aliphatic rings. The van der Waals surface area contributed by atoms with Crippen molar-refractivity contribution in [2.45, 2.75) is 6.92 Å². The molecule has 0 aromatic heterocycles.